The molecule has 106 valence electrons. The van der Waals surface area contributed by atoms with Gasteiger partial charge in [0.1, 0.15) is 6.10 Å². The van der Waals surface area contributed by atoms with Crippen LogP contribution in [0.2, 0.25) is 10.0 Å². The Bertz CT molecular complexity index is 736. The zero-order chi connectivity index (χ0) is 14.8. The summed E-state index contributed by atoms with van der Waals surface area (Å²) in [6.07, 6.45) is 0.793. The van der Waals surface area contributed by atoms with Crippen molar-refractivity contribution in [3.63, 3.8) is 0 Å². The number of halogens is 2. The maximum absolute atomic E-state index is 10.6. The number of nitrogens with zero attached hydrogens (tertiary/aromatic N) is 2. The minimum atomic E-state index is -0.857. The van der Waals surface area contributed by atoms with E-state index in [1.165, 1.54) is 0 Å². The van der Waals surface area contributed by atoms with Crippen molar-refractivity contribution in [1.29, 1.82) is 0 Å². The number of benzene rings is 2. The normalized spacial score (nSPS) is 12.3. The van der Waals surface area contributed by atoms with Crippen LogP contribution >= 0.6 is 23.2 Å². The van der Waals surface area contributed by atoms with Gasteiger partial charge in [-0.15, -0.1) is 0 Å². The second-order valence-electron chi connectivity index (χ2n) is 4.61. The largest absolute Gasteiger partial charge is 0.382 e. The molecule has 0 aliphatic heterocycles. The fourth-order valence-corrected chi connectivity index (χ4v) is 2.75. The first-order chi connectivity index (χ1) is 10.1. The Morgan fingerprint density at radius 1 is 0.952 bits per heavy atom. The number of para-hydroxylation sites is 1. The van der Waals surface area contributed by atoms with Crippen molar-refractivity contribution in [3.05, 3.63) is 82.1 Å². The molecule has 0 saturated heterocycles. The van der Waals surface area contributed by atoms with E-state index >= 15 is 0 Å². The number of aromatic nitrogens is 2. The fourth-order valence-electron chi connectivity index (χ4n) is 2.21. The maximum Gasteiger partial charge on any atom is 0.121 e. The van der Waals surface area contributed by atoms with Crippen molar-refractivity contribution < 1.29 is 5.11 Å². The number of rotatable bonds is 3. The van der Waals surface area contributed by atoms with Crippen molar-refractivity contribution in [2.75, 3.05) is 0 Å². The first-order valence-electron chi connectivity index (χ1n) is 6.38. The molecule has 3 rings (SSSR count). The lowest BCUT2D eigenvalue weighted by atomic mass is 10.1. The molecular formula is C16H12Cl2N2O. The van der Waals surface area contributed by atoms with Crippen LogP contribution in [0, 0.1) is 0 Å². The highest BCUT2D eigenvalue weighted by Gasteiger charge is 2.17. The monoisotopic (exact) mass is 318 g/mol. The van der Waals surface area contributed by atoms with Gasteiger partial charge < -0.3 is 5.11 Å². The van der Waals surface area contributed by atoms with E-state index in [9.17, 15) is 5.11 Å². The number of hydrogen-bond donors (Lipinski definition) is 1. The van der Waals surface area contributed by atoms with E-state index < -0.39 is 6.10 Å². The SMILES string of the molecule is OC(c1cc(Cl)cc(Cl)c1)c1ccnn1-c1ccccc1. The molecule has 0 radical (unpaired) electrons. The molecule has 0 saturated carbocycles. The van der Waals surface area contributed by atoms with Crippen molar-refractivity contribution in [2.24, 2.45) is 0 Å². The molecule has 1 unspecified atom stereocenters. The fraction of sp³-hybridized carbons (Fsp3) is 0.0625. The highest BCUT2D eigenvalue weighted by molar-refractivity contribution is 6.34. The van der Waals surface area contributed by atoms with Crippen LogP contribution in [-0.4, -0.2) is 14.9 Å². The highest BCUT2D eigenvalue weighted by Crippen LogP contribution is 2.28. The van der Waals surface area contributed by atoms with Crippen LogP contribution in [0.1, 0.15) is 17.4 Å². The van der Waals surface area contributed by atoms with E-state index in [0.717, 1.165) is 5.69 Å². The zero-order valence-electron chi connectivity index (χ0n) is 10.9. The van der Waals surface area contributed by atoms with E-state index in [0.29, 0.717) is 21.3 Å². The van der Waals surface area contributed by atoms with Crippen LogP contribution in [0.4, 0.5) is 0 Å². The van der Waals surface area contributed by atoms with Gasteiger partial charge in [-0.1, -0.05) is 41.4 Å². The molecule has 1 aromatic heterocycles. The molecule has 3 nitrogen and oxygen atoms in total. The Labute approximate surface area is 132 Å². The minimum Gasteiger partial charge on any atom is -0.382 e. The molecule has 1 N–H and O–H groups in total. The van der Waals surface area contributed by atoms with Crippen molar-refractivity contribution in [3.8, 4) is 5.69 Å². The van der Waals surface area contributed by atoms with Gasteiger partial charge in [-0.2, -0.15) is 5.10 Å². The molecule has 1 atom stereocenters. The molecule has 3 aromatic rings. The van der Waals surface area contributed by atoms with Crippen molar-refractivity contribution in [1.82, 2.24) is 9.78 Å². The van der Waals surface area contributed by atoms with Gasteiger partial charge >= 0.3 is 0 Å². The summed E-state index contributed by atoms with van der Waals surface area (Å²) in [5.41, 5.74) is 2.16. The van der Waals surface area contributed by atoms with Crippen LogP contribution in [0.5, 0.6) is 0 Å². The average molecular weight is 319 g/mol. The lowest BCUT2D eigenvalue weighted by molar-refractivity contribution is 0.212. The van der Waals surface area contributed by atoms with E-state index in [1.807, 2.05) is 30.3 Å². The van der Waals surface area contributed by atoms with Gasteiger partial charge in [0.25, 0.3) is 0 Å². The molecule has 0 aliphatic carbocycles. The van der Waals surface area contributed by atoms with Gasteiger partial charge in [0, 0.05) is 16.2 Å². The summed E-state index contributed by atoms with van der Waals surface area (Å²) in [5.74, 6) is 0. The van der Waals surface area contributed by atoms with E-state index in [1.54, 1.807) is 35.1 Å². The molecule has 0 aliphatic rings. The average Bonchev–Trinajstić information content (AvgIpc) is 2.95. The Hall–Kier alpha value is -1.81. The molecule has 0 spiro atoms. The smallest absolute Gasteiger partial charge is 0.121 e. The molecule has 2 aromatic carbocycles. The summed E-state index contributed by atoms with van der Waals surface area (Å²) in [5, 5.41) is 15.8. The summed E-state index contributed by atoms with van der Waals surface area (Å²) in [4.78, 5) is 0. The summed E-state index contributed by atoms with van der Waals surface area (Å²) < 4.78 is 1.69. The lowest BCUT2D eigenvalue weighted by Crippen LogP contribution is -2.08. The van der Waals surface area contributed by atoms with E-state index in [-0.39, 0.29) is 0 Å². The number of aliphatic hydroxyl groups is 1. The predicted molar refractivity (Wildman–Crippen MR) is 84.1 cm³/mol. The summed E-state index contributed by atoms with van der Waals surface area (Å²) in [6, 6.07) is 16.4. The highest BCUT2D eigenvalue weighted by atomic mass is 35.5. The lowest BCUT2D eigenvalue weighted by Gasteiger charge is -2.14. The Morgan fingerprint density at radius 2 is 1.62 bits per heavy atom. The van der Waals surface area contributed by atoms with Crippen LogP contribution in [-0.2, 0) is 0 Å². The third-order valence-electron chi connectivity index (χ3n) is 3.15. The molecule has 1 heterocycles. The van der Waals surface area contributed by atoms with Gasteiger partial charge in [0.2, 0.25) is 0 Å². The van der Waals surface area contributed by atoms with Crippen molar-refractivity contribution in [2.45, 2.75) is 6.10 Å². The summed E-state index contributed by atoms with van der Waals surface area (Å²) in [6.45, 7) is 0. The maximum atomic E-state index is 10.6. The van der Waals surface area contributed by atoms with Crippen molar-refractivity contribution >= 4 is 23.2 Å². The third kappa shape index (κ3) is 2.95. The molecule has 0 fully saturated rings. The molecule has 5 heteroatoms. The van der Waals surface area contributed by atoms with Gasteiger partial charge in [-0.25, -0.2) is 4.68 Å². The second kappa shape index (κ2) is 5.90. The zero-order valence-corrected chi connectivity index (χ0v) is 12.5. The Balaban J connectivity index is 2.03. The predicted octanol–water partition coefficient (Wildman–Crippen LogP) is 4.26. The van der Waals surface area contributed by atoms with Gasteiger partial charge in [0.05, 0.1) is 11.4 Å². The van der Waals surface area contributed by atoms with Crippen LogP contribution in [0.25, 0.3) is 5.69 Å². The molecule has 0 bridgehead atoms. The van der Waals surface area contributed by atoms with E-state index in [4.69, 9.17) is 23.2 Å². The second-order valence-corrected chi connectivity index (χ2v) is 5.48. The molecule has 21 heavy (non-hydrogen) atoms. The van der Waals surface area contributed by atoms with Gasteiger partial charge in [0.15, 0.2) is 0 Å². The van der Waals surface area contributed by atoms with Crippen LogP contribution in [0.3, 0.4) is 0 Å². The van der Waals surface area contributed by atoms with Gasteiger partial charge in [-0.3, -0.25) is 0 Å². The summed E-state index contributed by atoms with van der Waals surface area (Å²) >= 11 is 12.0. The molecular weight excluding hydrogens is 307 g/mol. The van der Waals surface area contributed by atoms with Crippen LogP contribution in [0.15, 0.2) is 60.8 Å². The topological polar surface area (TPSA) is 38.1 Å². The number of hydrogen-bond acceptors (Lipinski definition) is 2. The van der Waals surface area contributed by atoms with E-state index in [2.05, 4.69) is 5.10 Å². The quantitative estimate of drug-likeness (QED) is 0.783. The first kappa shape index (κ1) is 14.1. The number of aliphatic hydroxyl groups excluding tert-OH is 1. The van der Waals surface area contributed by atoms with Crippen LogP contribution < -0.4 is 0 Å². The molecule has 0 amide bonds. The Morgan fingerprint density at radius 3 is 2.29 bits per heavy atom. The standard InChI is InChI=1S/C16H12Cl2N2O/c17-12-8-11(9-13(18)10-12)16(21)15-6-7-19-20(15)14-4-2-1-3-5-14/h1-10,16,21H. The third-order valence-corrected chi connectivity index (χ3v) is 3.59. The van der Waals surface area contributed by atoms with Gasteiger partial charge in [-0.05, 0) is 42.0 Å². The first-order valence-corrected chi connectivity index (χ1v) is 7.14. The summed E-state index contributed by atoms with van der Waals surface area (Å²) in [7, 11) is 0. The minimum absolute atomic E-state index is 0.488. The Kier molecular flexibility index (Phi) is 3.97.